The number of aromatic nitrogens is 2. The van der Waals surface area contributed by atoms with E-state index < -0.39 is 0 Å². The second-order valence-corrected chi connectivity index (χ2v) is 7.53. The molecule has 0 bridgehead atoms. The highest BCUT2D eigenvalue weighted by atomic mass is 32.1. The zero-order valence-electron chi connectivity index (χ0n) is 16.2. The van der Waals surface area contributed by atoms with Crippen molar-refractivity contribution in [1.82, 2.24) is 15.1 Å². The first-order valence-corrected chi connectivity index (χ1v) is 10.3. The molecule has 2 aromatic heterocycles. The summed E-state index contributed by atoms with van der Waals surface area (Å²) in [5.41, 5.74) is 0.883. The number of hydrogen-bond donors (Lipinski definition) is 0. The van der Waals surface area contributed by atoms with E-state index >= 15 is 0 Å². The molecule has 0 saturated carbocycles. The summed E-state index contributed by atoms with van der Waals surface area (Å²) in [6, 6.07) is 15.2. The van der Waals surface area contributed by atoms with Gasteiger partial charge >= 0.3 is 0 Å². The number of carbonyl (C=O) groups is 1. The highest BCUT2D eigenvalue weighted by Crippen LogP contribution is 2.23. The number of anilines is 1. The second-order valence-electron chi connectivity index (χ2n) is 6.59. The topological polar surface area (TPSA) is 67.8 Å². The molecule has 3 aromatic rings. The van der Waals surface area contributed by atoms with Crippen molar-refractivity contribution in [2.75, 3.05) is 44.8 Å². The molecule has 0 radical (unpaired) electrons. The monoisotopic (exact) mass is 410 g/mol. The third-order valence-electron chi connectivity index (χ3n) is 4.80. The van der Waals surface area contributed by atoms with E-state index in [0.717, 1.165) is 35.2 Å². The Morgan fingerprint density at radius 1 is 1.00 bits per heavy atom. The smallest absolute Gasteiger partial charge is 0.260 e. The maximum Gasteiger partial charge on any atom is 0.260 e. The molecule has 0 atom stereocenters. The molecule has 150 valence electrons. The van der Waals surface area contributed by atoms with Crippen molar-refractivity contribution in [3.63, 3.8) is 0 Å². The van der Waals surface area contributed by atoms with Crippen LogP contribution in [-0.2, 0) is 4.79 Å². The fourth-order valence-corrected chi connectivity index (χ4v) is 3.83. The molecule has 0 spiro atoms. The number of amides is 1. The summed E-state index contributed by atoms with van der Waals surface area (Å²) in [6.07, 6.45) is 0. The fraction of sp³-hybridized carbons (Fsp3) is 0.286. The molecule has 0 N–H and O–H groups in total. The minimum atomic E-state index is -0.0143. The number of hydrogen-bond acceptors (Lipinski definition) is 7. The number of ether oxygens (including phenoxy) is 2. The van der Waals surface area contributed by atoms with Crippen molar-refractivity contribution in [2.24, 2.45) is 0 Å². The van der Waals surface area contributed by atoms with Gasteiger partial charge in [-0.1, -0.05) is 6.07 Å². The first-order valence-electron chi connectivity index (χ1n) is 9.40. The van der Waals surface area contributed by atoms with Crippen LogP contribution >= 0.6 is 11.3 Å². The summed E-state index contributed by atoms with van der Waals surface area (Å²) in [5, 5.41) is 10.7. The van der Waals surface area contributed by atoms with Crippen LogP contribution in [0.3, 0.4) is 0 Å². The standard InChI is InChI=1S/C21H22N4O3S/c1-27-16-4-6-17(7-5-16)28-15-21(26)25-12-10-24(11-13-25)20-9-8-18(22-23-20)19-3-2-14-29-19/h2-9,14H,10-13,15H2,1H3. The van der Waals surface area contributed by atoms with E-state index in [1.165, 1.54) is 0 Å². The molecule has 0 unspecified atom stereocenters. The Morgan fingerprint density at radius 3 is 2.38 bits per heavy atom. The highest BCUT2D eigenvalue weighted by Gasteiger charge is 2.22. The molecule has 7 nitrogen and oxygen atoms in total. The van der Waals surface area contributed by atoms with E-state index in [-0.39, 0.29) is 12.5 Å². The Bertz CT molecular complexity index is 922. The zero-order valence-corrected chi connectivity index (χ0v) is 17.0. The van der Waals surface area contributed by atoms with E-state index in [1.807, 2.05) is 46.7 Å². The first-order chi connectivity index (χ1) is 14.2. The van der Waals surface area contributed by atoms with E-state index in [1.54, 1.807) is 30.6 Å². The van der Waals surface area contributed by atoms with Gasteiger partial charge in [0.25, 0.3) is 5.91 Å². The van der Waals surface area contributed by atoms with Crippen LogP contribution in [0.15, 0.2) is 53.9 Å². The van der Waals surface area contributed by atoms with E-state index in [0.29, 0.717) is 18.8 Å². The quantitative estimate of drug-likeness (QED) is 0.622. The summed E-state index contributed by atoms with van der Waals surface area (Å²) in [4.78, 5) is 17.5. The Hall–Kier alpha value is -3.13. The summed E-state index contributed by atoms with van der Waals surface area (Å²) in [7, 11) is 1.61. The average Bonchev–Trinajstić information content (AvgIpc) is 3.33. The predicted octanol–water partition coefficient (Wildman–Crippen LogP) is 2.94. The van der Waals surface area contributed by atoms with Crippen LogP contribution in [0.25, 0.3) is 10.6 Å². The second kappa shape index (κ2) is 8.91. The first kappa shape index (κ1) is 19.2. The molecule has 29 heavy (non-hydrogen) atoms. The molecular formula is C21H22N4O3S. The van der Waals surface area contributed by atoms with Crippen molar-refractivity contribution in [3.8, 4) is 22.1 Å². The maximum absolute atomic E-state index is 12.4. The molecule has 1 aliphatic heterocycles. The predicted molar refractivity (Wildman–Crippen MR) is 113 cm³/mol. The summed E-state index contributed by atoms with van der Waals surface area (Å²) < 4.78 is 10.7. The Labute approximate surface area is 173 Å². The SMILES string of the molecule is COc1ccc(OCC(=O)N2CCN(c3ccc(-c4cccs4)nn3)CC2)cc1. The lowest BCUT2D eigenvalue weighted by Gasteiger charge is -2.35. The van der Waals surface area contributed by atoms with Gasteiger partial charge in [0, 0.05) is 26.2 Å². The molecule has 1 saturated heterocycles. The lowest BCUT2D eigenvalue weighted by Crippen LogP contribution is -2.50. The average molecular weight is 410 g/mol. The molecule has 4 rings (SSSR count). The van der Waals surface area contributed by atoms with Gasteiger partial charge in [-0.25, -0.2) is 0 Å². The Morgan fingerprint density at radius 2 is 1.76 bits per heavy atom. The number of methoxy groups -OCH3 is 1. The number of carbonyl (C=O) groups excluding carboxylic acids is 1. The highest BCUT2D eigenvalue weighted by molar-refractivity contribution is 7.13. The maximum atomic E-state index is 12.4. The van der Waals surface area contributed by atoms with Crippen molar-refractivity contribution in [2.45, 2.75) is 0 Å². The minimum absolute atomic E-state index is 0.0143. The van der Waals surface area contributed by atoms with Gasteiger partial charge in [0.2, 0.25) is 0 Å². The number of nitrogens with zero attached hydrogens (tertiary/aromatic N) is 4. The normalized spacial score (nSPS) is 14.0. The van der Waals surface area contributed by atoms with Crippen LogP contribution in [0.1, 0.15) is 0 Å². The number of piperazine rings is 1. The van der Waals surface area contributed by atoms with Crippen LogP contribution in [0.4, 0.5) is 5.82 Å². The summed E-state index contributed by atoms with van der Waals surface area (Å²) in [6.45, 7) is 2.75. The van der Waals surface area contributed by atoms with Crippen LogP contribution in [-0.4, -0.2) is 60.9 Å². The fourth-order valence-electron chi connectivity index (χ4n) is 3.14. The summed E-state index contributed by atoms with van der Waals surface area (Å²) >= 11 is 1.65. The van der Waals surface area contributed by atoms with Gasteiger partial charge in [0.1, 0.15) is 17.2 Å². The van der Waals surface area contributed by atoms with Gasteiger partial charge in [-0.15, -0.1) is 21.5 Å². The molecule has 1 aromatic carbocycles. The lowest BCUT2D eigenvalue weighted by atomic mass is 10.3. The van der Waals surface area contributed by atoms with Crippen molar-refractivity contribution in [1.29, 1.82) is 0 Å². The Kier molecular flexibility index (Phi) is 5.90. The van der Waals surface area contributed by atoms with Crippen molar-refractivity contribution >= 4 is 23.1 Å². The minimum Gasteiger partial charge on any atom is -0.497 e. The lowest BCUT2D eigenvalue weighted by molar-refractivity contribution is -0.133. The molecular weight excluding hydrogens is 388 g/mol. The Balaban J connectivity index is 1.26. The van der Waals surface area contributed by atoms with Crippen LogP contribution in [0.2, 0.25) is 0 Å². The third-order valence-corrected chi connectivity index (χ3v) is 5.69. The zero-order chi connectivity index (χ0) is 20.1. The molecule has 1 fully saturated rings. The molecule has 0 aliphatic carbocycles. The van der Waals surface area contributed by atoms with E-state index in [9.17, 15) is 4.79 Å². The van der Waals surface area contributed by atoms with Gasteiger partial charge in [-0.3, -0.25) is 4.79 Å². The van der Waals surface area contributed by atoms with Gasteiger partial charge in [0.15, 0.2) is 12.4 Å². The van der Waals surface area contributed by atoms with Gasteiger partial charge < -0.3 is 19.3 Å². The van der Waals surface area contributed by atoms with Crippen LogP contribution in [0.5, 0.6) is 11.5 Å². The van der Waals surface area contributed by atoms with Crippen molar-refractivity contribution in [3.05, 3.63) is 53.9 Å². The summed E-state index contributed by atoms with van der Waals surface area (Å²) in [5.74, 6) is 2.23. The van der Waals surface area contributed by atoms with E-state index in [2.05, 4.69) is 15.1 Å². The van der Waals surface area contributed by atoms with Gasteiger partial charge in [-0.05, 0) is 47.8 Å². The number of benzene rings is 1. The molecule has 8 heteroatoms. The third kappa shape index (κ3) is 4.65. The van der Waals surface area contributed by atoms with E-state index in [4.69, 9.17) is 9.47 Å². The molecule has 1 amide bonds. The number of rotatable bonds is 6. The van der Waals surface area contributed by atoms with Gasteiger partial charge in [-0.2, -0.15) is 0 Å². The largest absolute Gasteiger partial charge is 0.497 e. The van der Waals surface area contributed by atoms with Crippen LogP contribution in [0, 0.1) is 0 Å². The molecule has 1 aliphatic rings. The molecule has 3 heterocycles. The van der Waals surface area contributed by atoms with Crippen LogP contribution < -0.4 is 14.4 Å². The number of thiophene rings is 1. The van der Waals surface area contributed by atoms with Gasteiger partial charge in [0.05, 0.1) is 12.0 Å². The van der Waals surface area contributed by atoms with Crippen molar-refractivity contribution < 1.29 is 14.3 Å².